The lowest BCUT2D eigenvalue weighted by Crippen LogP contribution is -2.51. The molecule has 0 bridgehead atoms. The molecule has 11 nitrogen and oxygen atoms in total. The second kappa shape index (κ2) is 13.3. The van der Waals surface area contributed by atoms with E-state index >= 15 is 0 Å². The van der Waals surface area contributed by atoms with Crippen LogP contribution in [0.4, 0.5) is 16.2 Å². The SMILES string of the molecule is COc1cc(/C=C2/SC(=O)N(CC(=O)N3CCN(c4ccccc4)CC3)C2=O)c(Br)cc1OCc1ccc([N+](=O)[O-])cc1. The van der Waals surface area contributed by atoms with Crippen molar-refractivity contribution in [2.45, 2.75) is 6.61 Å². The van der Waals surface area contributed by atoms with Crippen molar-refractivity contribution in [1.82, 2.24) is 9.80 Å². The number of nitro benzene ring substituents is 1. The van der Waals surface area contributed by atoms with Gasteiger partial charge in [0.2, 0.25) is 5.91 Å². The van der Waals surface area contributed by atoms with Crippen molar-refractivity contribution >= 4 is 62.2 Å². The maximum Gasteiger partial charge on any atom is 0.294 e. The van der Waals surface area contributed by atoms with Crippen molar-refractivity contribution < 1.29 is 28.8 Å². The van der Waals surface area contributed by atoms with Gasteiger partial charge in [-0.25, -0.2) is 0 Å². The third-order valence-corrected chi connectivity index (χ3v) is 8.63. The first-order valence-electron chi connectivity index (χ1n) is 13.3. The van der Waals surface area contributed by atoms with Crippen LogP contribution in [0.3, 0.4) is 0 Å². The van der Waals surface area contributed by atoms with E-state index in [1.54, 1.807) is 35.2 Å². The molecule has 3 aromatic carbocycles. The molecular formula is C30H27BrN4O7S. The standard InChI is InChI=1S/C30H27BrN4O7S/c1-41-25-15-21(24(31)17-26(25)42-19-20-7-9-23(10-8-20)35(39)40)16-27-29(37)34(30(38)43-27)18-28(36)33-13-11-32(12-14-33)22-5-3-2-4-6-22/h2-10,15-17H,11-14,18-19H2,1H3/b27-16+. The number of hydrogen-bond acceptors (Lipinski definition) is 9. The van der Waals surface area contributed by atoms with Crippen LogP contribution in [0.15, 0.2) is 76.1 Å². The fourth-order valence-electron chi connectivity index (χ4n) is 4.67. The van der Waals surface area contributed by atoms with Gasteiger partial charge in [-0.1, -0.05) is 34.1 Å². The summed E-state index contributed by atoms with van der Waals surface area (Å²) in [7, 11) is 1.48. The number of nitrogens with zero attached hydrogens (tertiary/aromatic N) is 4. The summed E-state index contributed by atoms with van der Waals surface area (Å²) >= 11 is 4.27. The molecule has 2 fully saturated rings. The van der Waals surface area contributed by atoms with E-state index in [-0.39, 0.29) is 29.7 Å². The molecule has 43 heavy (non-hydrogen) atoms. The molecule has 0 aromatic heterocycles. The first-order chi connectivity index (χ1) is 20.7. The van der Waals surface area contributed by atoms with Gasteiger partial charge in [0, 0.05) is 48.5 Å². The molecule has 0 aliphatic carbocycles. The number of carbonyl (C=O) groups is 3. The molecular weight excluding hydrogens is 640 g/mol. The number of nitro groups is 1. The van der Waals surface area contributed by atoms with Gasteiger partial charge in [-0.3, -0.25) is 29.4 Å². The molecule has 5 rings (SSSR count). The third-order valence-electron chi connectivity index (χ3n) is 7.03. The fourth-order valence-corrected chi connectivity index (χ4v) is 5.94. The maximum atomic E-state index is 13.2. The van der Waals surface area contributed by atoms with Crippen molar-refractivity contribution in [3.8, 4) is 11.5 Å². The van der Waals surface area contributed by atoms with Crippen LogP contribution in [0.1, 0.15) is 11.1 Å². The zero-order chi connectivity index (χ0) is 30.5. The largest absolute Gasteiger partial charge is 0.493 e. The van der Waals surface area contributed by atoms with Crippen LogP contribution < -0.4 is 14.4 Å². The van der Waals surface area contributed by atoms with Gasteiger partial charge in [-0.15, -0.1) is 0 Å². The molecule has 0 saturated carbocycles. The van der Waals surface area contributed by atoms with Gasteiger partial charge in [-0.05, 0) is 65.4 Å². The number of thioether (sulfide) groups is 1. The quantitative estimate of drug-likeness (QED) is 0.169. The minimum atomic E-state index is -0.532. The Morgan fingerprint density at radius 3 is 2.37 bits per heavy atom. The molecule has 0 spiro atoms. The number of para-hydroxylation sites is 1. The highest BCUT2D eigenvalue weighted by Gasteiger charge is 2.37. The van der Waals surface area contributed by atoms with E-state index in [1.807, 2.05) is 30.3 Å². The number of imide groups is 1. The van der Waals surface area contributed by atoms with Crippen molar-refractivity contribution in [3.05, 3.63) is 97.3 Å². The van der Waals surface area contributed by atoms with Gasteiger partial charge in [0.15, 0.2) is 11.5 Å². The van der Waals surface area contributed by atoms with Gasteiger partial charge < -0.3 is 19.3 Å². The molecule has 2 saturated heterocycles. The minimum Gasteiger partial charge on any atom is -0.493 e. The van der Waals surface area contributed by atoms with Crippen molar-refractivity contribution in [1.29, 1.82) is 0 Å². The Kier molecular flexibility index (Phi) is 9.31. The lowest BCUT2D eigenvalue weighted by molar-refractivity contribution is -0.384. The Bertz CT molecular complexity index is 1580. The third kappa shape index (κ3) is 7.00. The maximum absolute atomic E-state index is 13.2. The van der Waals surface area contributed by atoms with Crippen LogP contribution in [-0.2, 0) is 16.2 Å². The summed E-state index contributed by atoms with van der Waals surface area (Å²) in [6.45, 7) is 2.18. The molecule has 2 aliphatic rings. The Labute approximate surface area is 260 Å². The lowest BCUT2D eigenvalue weighted by Gasteiger charge is -2.36. The van der Waals surface area contributed by atoms with Crippen LogP contribution in [0, 0.1) is 10.1 Å². The van der Waals surface area contributed by atoms with E-state index in [9.17, 15) is 24.5 Å². The summed E-state index contributed by atoms with van der Waals surface area (Å²) < 4.78 is 12.0. The van der Waals surface area contributed by atoms with Gasteiger partial charge in [0.25, 0.3) is 16.8 Å². The van der Waals surface area contributed by atoms with Gasteiger partial charge >= 0.3 is 0 Å². The molecule has 3 aromatic rings. The molecule has 0 unspecified atom stereocenters. The predicted octanol–water partition coefficient (Wildman–Crippen LogP) is 5.33. The van der Waals surface area contributed by atoms with E-state index in [0.29, 0.717) is 47.7 Å². The number of anilines is 1. The second-order valence-corrected chi connectivity index (χ2v) is 11.6. The fraction of sp³-hybridized carbons (Fsp3) is 0.233. The first kappa shape index (κ1) is 30.1. The highest BCUT2D eigenvalue weighted by Crippen LogP contribution is 2.38. The second-order valence-electron chi connectivity index (χ2n) is 9.71. The number of rotatable bonds is 9. The summed E-state index contributed by atoms with van der Waals surface area (Å²) in [5.41, 5.74) is 2.39. The van der Waals surface area contributed by atoms with E-state index in [4.69, 9.17) is 9.47 Å². The zero-order valence-electron chi connectivity index (χ0n) is 23.1. The Morgan fingerprint density at radius 1 is 1.02 bits per heavy atom. The van der Waals surface area contributed by atoms with E-state index < -0.39 is 16.1 Å². The molecule has 2 aliphatic heterocycles. The van der Waals surface area contributed by atoms with E-state index in [0.717, 1.165) is 27.9 Å². The summed E-state index contributed by atoms with van der Waals surface area (Å²) in [5.74, 6) is 0.000577. The minimum absolute atomic E-state index is 0.0103. The summed E-state index contributed by atoms with van der Waals surface area (Å²) in [6.07, 6.45) is 1.57. The number of non-ortho nitro benzene ring substituents is 1. The molecule has 2 heterocycles. The van der Waals surface area contributed by atoms with Crippen molar-refractivity contribution in [3.63, 3.8) is 0 Å². The van der Waals surface area contributed by atoms with Crippen molar-refractivity contribution in [2.24, 2.45) is 0 Å². The summed E-state index contributed by atoms with van der Waals surface area (Å²) in [4.78, 5) is 54.4. The smallest absolute Gasteiger partial charge is 0.294 e. The van der Waals surface area contributed by atoms with Gasteiger partial charge in [0.05, 0.1) is 16.9 Å². The molecule has 13 heteroatoms. The van der Waals surface area contributed by atoms with Crippen LogP contribution in [-0.4, -0.2) is 71.6 Å². The van der Waals surface area contributed by atoms with Crippen LogP contribution >= 0.6 is 27.7 Å². The number of piperazine rings is 1. The normalized spacial score (nSPS) is 16.1. The average molecular weight is 668 g/mol. The Balaban J connectivity index is 1.22. The number of amides is 3. The topological polar surface area (TPSA) is 123 Å². The predicted molar refractivity (Wildman–Crippen MR) is 166 cm³/mol. The van der Waals surface area contributed by atoms with Crippen LogP contribution in [0.2, 0.25) is 0 Å². The van der Waals surface area contributed by atoms with E-state index in [2.05, 4.69) is 20.8 Å². The van der Waals surface area contributed by atoms with Crippen LogP contribution in [0.5, 0.6) is 11.5 Å². The number of halogens is 1. The number of hydrogen-bond donors (Lipinski definition) is 0. The molecule has 0 radical (unpaired) electrons. The highest BCUT2D eigenvalue weighted by molar-refractivity contribution is 9.10. The molecule has 0 atom stereocenters. The Hall–Kier alpha value is -4.36. The summed E-state index contributed by atoms with van der Waals surface area (Å²) in [5, 5.41) is 10.4. The van der Waals surface area contributed by atoms with Crippen molar-refractivity contribution in [2.75, 3.05) is 44.7 Å². The van der Waals surface area contributed by atoms with Gasteiger partial charge in [-0.2, -0.15) is 0 Å². The first-order valence-corrected chi connectivity index (χ1v) is 14.9. The summed E-state index contributed by atoms with van der Waals surface area (Å²) in [6, 6.07) is 19.3. The number of benzene rings is 3. The Morgan fingerprint density at radius 2 is 1.72 bits per heavy atom. The monoisotopic (exact) mass is 666 g/mol. The van der Waals surface area contributed by atoms with Crippen LogP contribution in [0.25, 0.3) is 6.08 Å². The molecule has 0 N–H and O–H groups in total. The number of carbonyl (C=O) groups excluding carboxylic acids is 3. The number of ether oxygens (including phenoxy) is 2. The molecule has 222 valence electrons. The number of methoxy groups -OCH3 is 1. The highest BCUT2D eigenvalue weighted by atomic mass is 79.9. The average Bonchev–Trinajstić information content (AvgIpc) is 3.28. The van der Waals surface area contributed by atoms with Gasteiger partial charge in [0.1, 0.15) is 13.2 Å². The lowest BCUT2D eigenvalue weighted by atomic mass is 10.1. The molecule has 3 amide bonds. The van der Waals surface area contributed by atoms with E-state index in [1.165, 1.54) is 19.2 Å². The zero-order valence-corrected chi connectivity index (χ0v) is 25.5.